The SMILES string of the molecule is CC(C)(C)c1cnc(SCC(=O)O)n1-c1ccccc1Cl. The van der Waals surface area contributed by atoms with Gasteiger partial charge in [0.2, 0.25) is 0 Å². The molecular weight excluding hydrogens is 308 g/mol. The van der Waals surface area contributed by atoms with Crippen LogP contribution in [0.2, 0.25) is 5.02 Å². The summed E-state index contributed by atoms with van der Waals surface area (Å²) in [5.41, 5.74) is 1.67. The van der Waals surface area contributed by atoms with Gasteiger partial charge in [-0.05, 0) is 12.1 Å². The van der Waals surface area contributed by atoms with E-state index in [4.69, 9.17) is 16.7 Å². The van der Waals surface area contributed by atoms with Gasteiger partial charge in [-0.3, -0.25) is 9.36 Å². The fourth-order valence-corrected chi connectivity index (χ4v) is 2.88. The van der Waals surface area contributed by atoms with Gasteiger partial charge in [0.05, 0.1) is 22.7 Å². The van der Waals surface area contributed by atoms with E-state index in [9.17, 15) is 4.79 Å². The minimum Gasteiger partial charge on any atom is -0.481 e. The molecule has 4 nitrogen and oxygen atoms in total. The van der Waals surface area contributed by atoms with Crippen LogP contribution in [0.25, 0.3) is 5.69 Å². The van der Waals surface area contributed by atoms with Gasteiger partial charge in [-0.1, -0.05) is 56.3 Å². The lowest BCUT2D eigenvalue weighted by atomic mass is 9.92. The topological polar surface area (TPSA) is 55.1 Å². The van der Waals surface area contributed by atoms with Gasteiger partial charge in [0.1, 0.15) is 0 Å². The molecule has 2 rings (SSSR count). The summed E-state index contributed by atoms with van der Waals surface area (Å²) in [6.07, 6.45) is 1.79. The molecule has 0 atom stereocenters. The molecule has 0 amide bonds. The number of thioether (sulfide) groups is 1. The number of imidazole rings is 1. The lowest BCUT2D eigenvalue weighted by Gasteiger charge is -2.22. The largest absolute Gasteiger partial charge is 0.481 e. The first-order valence-electron chi connectivity index (χ1n) is 6.48. The Morgan fingerprint density at radius 3 is 2.62 bits per heavy atom. The highest BCUT2D eigenvalue weighted by Gasteiger charge is 2.24. The van der Waals surface area contributed by atoms with Crippen molar-refractivity contribution in [3.05, 3.63) is 41.2 Å². The number of halogens is 1. The number of hydrogen-bond donors (Lipinski definition) is 1. The minimum absolute atomic E-state index is 0.0367. The number of carbonyl (C=O) groups is 1. The Labute approximate surface area is 133 Å². The number of aromatic nitrogens is 2. The Morgan fingerprint density at radius 2 is 2.05 bits per heavy atom. The van der Waals surface area contributed by atoms with Gasteiger partial charge >= 0.3 is 5.97 Å². The van der Waals surface area contributed by atoms with Crippen molar-refractivity contribution in [1.29, 1.82) is 0 Å². The Hall–Kier alpha value is -1.46. The number of carboxylic acids is 1. The van der Waals surface area contributed by atoms with Crippen LogP contribution in [0, 0.1) is 0 Å². The van der Waals surface area contributed by atoms with E-state index >= 15 is 0 Å². The second-order valence-electron chi connectivity index (χ2n) is 5.65. The van der Waals surface area contributed by atoms with Gasteiger partial charge in [0.15, 0.2) is 5.16 Å². The first kappa shape index (κ1) is 15.9. The highest BCUT2D eigenvalue weighted by Crippen LogP contribution is 2.33. The second-order valence-corrected chi connectivity index (χ2v) is 6.99. The number of benzene rings is 1. The molecule has 0 aliphatic carbocycles. The van der Waals surface area contributed by atoms with Crippen molar-refractivity contribution in [2.75, 3.05) is 5.75 Å². The third-order valence-electron chi connectivity index (χ3n) is 2.92. The maximum Gasteiger partial charge on any atom is 0.313 e. The summed E-state index contributed by atoms with van der Waals surface area (Å²) < 4.78 is 1.94. The van der Waals surface area contributed by atoms with E-state index < -0.39 is 5.97 Å². The molecule has 1 aromatic heterocycles. The lowest BCUT2D eigenvalue weighted by molar-refractivity contribution is -0.133. The average Bonchev–Trinajstić information content (AvgIpc) is 2.80. The van der Waals surface area contributed by atoms with E-state index in [0.717, 1.165) is 11.4 Å². The number of hydrogen-bond acceptors (Lipinski definition) is 3. The minimum atomic E-state index is -0.869. The highest BCUT2D eigenvalue weighted by molar-refractivity contribution is 7.99. The lowest BCUT2D eigenvalue weighted by Crippen LogP contribution is -2.17. The van der Waals surface area contributed by atoms with E-state index in [2.05, 4.69) is 25.8 Å². The van der Waals surface area contributed by atoms with E-state index in [-0.39, 0.29) is 11.2 Å². The van der Waals surface area contributed by atoms with Crippen LogP contribution >= 0.6 is 23.4 Å². The van der Waals surface area contributed by atoms with Crippen LogP contribution in [-0.4, -0.2) is 26.4 Å². The third kappa shape index (κ3) is 3.60. The molecule has 1 N–H and O–H groups in total. The molecule has 112 valence electrons. The van der Waals surface area contributed by atoms with Gasteiger partial charge in [0.25, 0.3) is 0 Å². The first-order chi connectivity index (χ1) is 9.80. The number of carboxylic acid groups (broad SMARTS) is 1. The van der Waals surface area contributed by atoms with Crippen molar-refractivity contribution < 1.29 is 9.90 Å². The van der Waals surface area contributed by atoms with E-state index in [1.807, 2.05) is 28.8 Å². The maximum absolute atomic E-state index is 10.8. The van der Waals surface area contributed by atoms with Gasteiger partial charge in [-0.2, -0.15) is 0 Å². The molecule has 1 aromatic carbocycles. The molecule has 21 heavy (non-hydrogen) atoms. The predicted octanol–water partition coefficient (Wildman–Crippen LogP) is 4.00. The first-order valence-corrected chi connectivity index (χ1v) is 7.85. The van der Waals surface area contributed by atoms with E-state index in [1.54, 1.807) is 6.20 Å². The standard InChI is InChI=1S/C15H17ClN2O2S/c1-15(2,3)12-8-17-14(21-9-13(19)20)18(12)11-7-5-4-6-10(11)16/h4-8H,9H2,1-3H3,(H,19,20). The maximum atomic E-state index is 10.8. The molecule has 0 aliphatic rings. The molecule has 0 bridgehead atoms. The number of para-hydroxylation sites is 1. The Bertz CT molecular complexity index is 662. The van der Waals surface area contributed by atoms with Crippen LogP contribution in [0.5, 0.6) is 0 Å². The van der Waals surface area contributed by atoms with Crippen LogP contribution in [0.15, 0.2) is 35.6 Å². The summed E-state index contributed by atoms with van der Waals surface area (Å²) in [6.45, 7) is 6.26. The van der Waals surface area contributed by atoms with Gasteiger partial charge in [0, 0.05) is 11.1 Å². The fourth-order valence-electron chi connectivity index (χ4n) is 1.96. The summed E-state index contributed by atoms with van der Waals surface area (Å²) in [4.78, 5) is 15.2. The molecule has 0 unspecified atom stereocenters. The molecule has 6 heteroatoms. The third-order valence-corrected chi connectivity index (χ3v) is 4.17. The summed E-state index contributed by atoms with van der Waals surface area (Å²) in [5.74, 6) is -0.906. The smallest absolute Gasteiger partial charge is 0.313 e. The van der Waals surface area contributed by atoms with Crippen molar-refractivity contribution in [3.63, 3.8) is 0 Å². The van der Waals surface area contributed by atoms with Crippen molar-refractivity contribution in [3.8, 4) is 5.69 Å². The quantitative estimate of drug-likeness (QED) is 0.864. The fraction of sp³-hybridized carbons (Fsp3) is 0.333. The Kier molecular flexibility index (Phi) is 4.64. The van der Waals surface area contributed by atoms with Crippen LogP contribution in [-0.2, 0) is 10.2 Å². The zero-order valence-corrected chi connectivity index (χ0v) is 13.7. The van der Waals surface area contributed by atoms with Crippen molar-refractivity contribution in [2.45, 2.75) is 31.3 Å². The zero-order valence-electron chi connectivity index (χ0n) is 12.1. The van der Waals surface area contributed by atoms with Crippen LogP contribution in [0.1, 0.15) is 26.5 Å². The van der Waals surface area contributed by atoms with Crippen LogP contribution in [0.3, 0.4) is 0 Å². The van der Waals surface area contributed by atoms with Crippen LogP contribution < -0.4 is 0 Å². The van der Waals surface area contributed by atoms with Crippen molar-refractivity contribution in [2.24, 2.45) is 0 Å². The molecule has 0 aliphatic heterocycles. The number of rotatable bonds is 4. The second kappa shape index (κ2) is 6.12. The summed E-state index contributed by atoms with van der Waals surface area (Å²) >= 11 is 7.49. The molecule has 0 spiro atoms. The monoisotopic (exact) mass is 324 g/mol. The summed E-state index contributed by atoms with van der Waals surface area (Å²) in [6, 6.07) is 7.49. The molecule has 0 radical (unpaired) electrons. The average molecular weight is 325 g/mol. The highest BCUT2D eigenvalue weighted by atomic mass is 35.5. The van der Waals surface area contributed by atoms with Crippen LogP contribution in [0.4, 0.5) is 0 Å². The summed E-state index contributed by atoms with van der Waals surface area (Å²) in [5, 5.41) is 10.1. The van der Waals surface area contributed by atoms with Crippen molar-refractivity contribution >= 4 is 29.3 Å². The molecule has 0 saturated heterocycles. The molecule has 0 fully saturated rings. The van der Waals surface area contributed by atoms with Gasteiger partial charge in [-0.15, -0.1) is 0 Å². The molecule has 2 aromatic rings. The normalized spacial score (nSPS) is 11.6. The number of nitrogens with zero attached hydrogens (tertiary/aromatic N) is 2. The number of aliphatic carboxylic acids is 1. The van der Waals surface area contributed by atoms with E-state index in [0.29, 0.717) is 10.2 Å². The Morgan fingerprint density at radius 1 is 1.38 bits per heavy atom. The predicted molar refractivity (Wildman–Crippen MR) is 85.6 cm³/mol. The molecular formula is C15H17ClN2O2S. The Balaban J connectivity index is 2.56. The van der Waals surface area contributed by atoms with Crippen molar-refractivity contribution in [1.82, 2.24) is 9.55 Å². The van der Waals surface area contributed by atoms with Gasteiger partial charge < -0.3 is 5.11 Å². The molecule has 0 saturated carbocycles. The molecule has 1 heterocycles. The van der Waals surface area contributed by atoms with Gasteiger partial charge in [-0.25, -0.2) is 4.98 Å². The van der Waals surface area contributed by atoms with E-state index in [1.165, 1.54) is 11.8 Å². The zero-order chi connectivity index (χ0) is 15.6. The summed E-state index contributed by atoms with van der Waals surface area (Å²) in [7, 11) is 0.